The number of hydrogen-bond acceptors (Lipinski definition) is 4. The second kappa shape index (κ2) is 6.43. The molecular formula is C20H18N2O3. The molecule has 3 aromatic rings. The number of carbonyl (C=O) groups excluding carboxylic acids is 1. The standard InChI is InChI=1S/C20H18N2O3/c1-13(15-7-8-17-18(12-15)25-11-10-24-17)22-20(23)16-6-2-4-14-5-3-9-21-19(14)16/h2-9,12-13H,10-11H2,1H3,(H,22,23)/t13-/m0/s1. The highest BCUT2D eigenvalue weighted by atomic mass is 16.6. The molecule has 0 spiro atoms. The zero-order valence-electron chi connectivity index (χ0n) is 13.9. The fourth-order valence-corrected chi connectivity index (χ4v) is 2.97. The Bertz CT molecular complexity index is 934. The van der Waals surface area contributed by atoms with Crippen molar-refractivity contribution in [1.29, 1.82) is 0 Å². The van der Waals surface area contributed by atoms with Crippen molar-refractivity contribution >= 4 is 16.8 Å². The molecule has 1 amide bonds. The first kappa shape index (κ1) is 15.4. The van der Waals surface area contributed by atoms with Crippen LogP contribution in [0, 0.1) is 0 Å². The van der Waals surface area contributed by atoms with Gasteiger partial charge in [0.25, 0.3) is 5.91 Å². The molecule has 126 valence electrons. The van der Waals surface area contributed by atoms with Crippen LogP contribution >= 0.6 is 0 Å². The van der Waals surface area contributed by atoms with Gasteiger partial charge >= 0.3 is 0 Å². The first-order chi connectivity index (χ1) is 12.2. The molecule has 1 N–H and O–H groups in total. The van der Waals surface area contributed by atoms with Gasteiger partial charge in [-0.2, -0.15) is 0 Å². The minimum absolute atomic E-state index is 0.147. The monoisotopic (exact) mass is 334 g/mol. The van der Waals surface area contributed by atoms with Crippen LogP contribution in [0.25, 0.3) is 10.9 Å². The fourth-order valence-electron chi connectivity index (χ4n) is 2.97. The third kappa shape index (κ3) is 3.01. The van der Waals surface area contributed by atoms with Gasteiger partial charge in [-0.15, -0.1) is 0 Å². The maximum absolute atomic E-state index is 12.7. The maximum atomic E-state index is 12.7. The predicted molar refractivity (Wildman–Crippen MR) is 95.1 cm³/mol. The third-order valence-electron chi connectivity index (χ3n) is 4.29. The summed E-state index contributed by atoms with van der Waals surface area (Å²) in [7, 11) is 0. The van der Waals surface area contributed by atoms with Crippen molar-refractivity contribution in [3.05, 3.63) is 65.9 Å². The van der Waals surface area contributed by atoms with Gasteiger partial charge in [0.05, 0.1) is 17.1 Å². The van der Waals surface area contributed by atoms with E-state index in [1.165, 1.54) is 0 Å². The van der Waals surface area contributed by atoms with E-state index in [0.29, 0.717) is 24.3 Å². The van der Waals surface area contributed by atoms with Crippen molar-refractivity contribution in [2.75, 3.05) is 13.2 Å². The Morgan fingerprint density at radius 1 is 1.08 bits per heavy atom. The molecular weight excluding hydrogens is 316 g/mol. The average molecular weight is 334 g/mol. The van der Waals surface area contributed by atoms with E-state index in [0.717, 1.165) is 22.4 Å². The molecule has 5 heteroatoms. The Morgan fingerprint density at radius 2 is 1.88 bits per heavy atom. The number of benzene rings is 2. The van der Waals surface area contributed by atoms with Gasteiger partial charge in [-0.25, -0.2) is 0 Å². The number of nitrogens with one attached hydrogen (secondary N) is 1. The molecule has 0 aliphatic carbocycles. The van der Waals surface area contributed by atoms with Crippen LogP contribution in [-0.2, 0) is 0 Å². The van der Waals surface area contributed by atoms with Gasteiger partial charge in [-0.05, 0) is 36.8 Å². The number of pyridine rings is 1. The van der Waals surface area contributed by atoms with E-state index in [1.54, 1.807) is 12.3 Å². The van der Waals surface area contributed by atoms with E-state index in [4.69, 9.17) is 9.47 Å². The number of amides is 1. The highest BCUT2D eigenvalue weighted by Gasteiger charge is 2.17. The number of carbonyl (C=O) groups is 1. The highest BCUT2D eigenvalue weighted by molar-refractivity contribution is 6.05. The zero-order valence-corrected chi connectivity index (χ0v) is 13.9. The number of nitrogens with zero attached hydrogens (tertiary/aromatic N) is 1. The topological polar surface area (TPSA) is 60.5 Å². The Balaban J connectivity index is 1.58. The van der Waals surface area contributed by atoms with Gasteiger partial charge in [0, 0.05) is 11.6 Å². The second-order valence-corrected chi connectivity index (χ2v) is 5.98. The van der Waals surface area contributed by atoms with E-state index < -0.39 is 0 Å². The first-order valence-corrected chi connectivity index (χ1v) is 8.26. The molecule has 1 aliphatic rings. The van der Waals surface area contributed by atoms with Gasteiger partial charge in [0.15, 0.2) is 11.5 Å². The highest BCUT2D eigenvalue weighted by Crippen LogP contribution is 2.32. The number of para-hydroxylation sites is 1. The van der Waals surface area contributed by atoms with Gasteiger partial charge in [-0.1, -0.05) is 24.3 Å². The van der Waals surface area contributed by atoms with E-state index in [-0.39, 0.29) is 11.9 Å². The summed E-state index contributed by atoms with van der Waals surface area (Å²) in [5.74, 6) is 1.31. The summed E-state index contributed by atoms with van der Waals surface area (Å²) < 4.78 is 11.2. The molecule has 0 fully saturated rings. The SMILES string of the molecule is C[C@H](NC(=O)c1cccc2cccnc12)c1ccc2c(c1)OCCO2. The average Bonchev–Trinajstić information content (AvgIpc) is 2.67. The lowest BCUT2D eigenvalue weighted by atomic mass is 10.1. The molecule has 1 aromatic heterocycles. The molecule has 1 atom stereocenters. The van der Waals surface area contributed by atoms with Crippen molar-refractivity contribution in [1.82, 2.24) is 10.3 Å². The van der Waals surface area contributed by atoms with Gasteiger partial charge in [0.2, 0.25) is 0 Å². The van der Waals surface area contributed by atoms with E-state index in [9.17, 15) is 4.79 Å². The van der Waals surface area contributed by atoms with Crippen LogP contribution < -0.4 is 14.8 Å². The Hall–Kier alpha value is -3.08. The number of hydrogen-bond donors (Lipinski definition) is 1. The van der Waals surface area contributed by atoms with Gasteiger partial charge in [-0.3, -0.25) is 9.78 Å². The lowest BCUT2D eigenvalue weighted by molar-refractivity contribution is 0.0941. The minimum atomic E-state index is -0.165. The predicted octanol–water partition coefficient (Wildman–Crippen LogP) is 3.50. The quantitative estimate of drug-likeness (QED) is 0.796. The van der Waals surface area contributed by atoms with Crippen molar-refractivity contribution < 1.29 is 14.3 Å². The lowest BCUT2D eigenvalue weighted by Crippen LogP contribution is -2.27. The molecule has 5 nitrogen and oxygen atoms in total. The largest absolute Gasteiger partial charge is 0.486 e. The van der Waals surface area contributed by atoms with Gasteiger partial charge in [0.1, 0.15) is 13.2 Å². The number of ether oxygens (including phenoxy) is 2. The second-order valence-electron chi connectivity index (χ2n) is 5.98. The van der Waals surface area contributed by atoms with Crippen molar-refractivity contribution in [3.8, 4) is 11.5 Å². The van der Waals surface area contributed by atoms with E-state index >= 15 is 0 Å². The molecule has 2 aromatic carbocycles. The molecule has 0 bridgehead atoms. The first-order valence-electron chi connectivity index (χ1n) is 8.26. The molecule has 2 heterocycles. The van der Waals surface area contributed by atoms with Crippen molar-refractivity contribution in [2.45, 2.75) is 13.0 Å². The van der Waals surface area contributed by atoms with Crippen LogP contribution in [0.3, 0.4) is 0 Å². The van der Waals surface area contributed by atoms with Crippen molar-refractivity contribution in [2.24, 2.45) is 0 Å². The van der Waals surface area contributed by atoms with Crippen LogP contribution in [0.15, 0.2) is 54.7 Å². The molecule has 4 rings (SSSR count). The molecule has 0 saturated carbocycles. The molecule has 0 radical (unpaired) electrons. The fraction of sp³-hybridized carbons (Fsp3) is 0.200. The summed E-state index contributed by atoms with van der Waals surface area (Å²) in [5.41, 5.74) is 2.24. The molecule has 0 saturated heterocycles. The molecule has 0 unspecified atom stereocenters. The van der Waals surface area contributed by atoms with Crippen LogP contribution in [-0.4, -0.2) is 24.1 Å². The summed E-state index contributed by atoms with van der Waals surface area (Å²) in [6.45, 7) is 3.05. The summed E-state index contributed by atoms with van der Waals surface area (Å²) in [4.78, 5) is 17.1. The summed E-state index contributed by atoms with van der Waals surface area (Å²) >= 11 is 0. The third-order valence-corrected chi connectivity index (χ3v) is 4.29. The van der Waals surface area contributed by atoms with Crippen LogP contribution in [0.5, 0.6) is 11.5 Å². The van der Waals surface area contributed by atoms with E-state index in [1.807, 2.05) is 49.4 Å². The van der Waals surface area contributed by atoms with Crippen LogP contribution in [0.1, 0.15) is 28.9 Å². The Morgan fingerprint density at radius 3 is 2.76 bits per heavy atom. The zero-order chi connectivity index (χ0) is 17.2. The summed E-state index contributed by atoms with van der Waals surface area (Å²) in [6.07, 6.45) is 1.70. The Kier molecular flexibility index (Phi) is 3.98. The number of rotatable bonds is 3. The number of fused-ring (bicyclic) bond motifs is 2. The summed E-state index contributed by atoms with van der Waals surface area (Å²) in [6, 6.07) is 15.0. The lowest BCUT2D eigenvalue weighted by Gasteiger charge is -2.21. The van der Waals surface area contributed by atoms with Crippen LogP contribution in [0.2, 0.25) is 0 Å². The van der Waals surface area contributed by atoms with Gasteiger partial charge < -0.3 is 14.8 Å². The molecule has 25 heavy (non-hydrogen) atoms. The normalized spacial score (nSPS) is 14.1. The smallest absolute Gasteiger partial charge is 0.253 e. The Labute approximate surface area is 145 Å². The molecule has 1 aliphatic heterocycles. The van der Waals surface area contributed by atoms with E-state index in [2.05, 4.69) is 10.3 Å². The van der Waals surface area contributed by atoms with Crippen LogP contribution in [0.4, 0.5) is 0 Å². The summed E-state index contributed by atoms with van der Waals surface area (Å²) in [5, 5.41) is 3.98. The minimum Gasteiger partial charge on any atom is -0.486 e. The maximum Gasteiger partial charge on any atom is 0.253 e. The van der Waals surface area contributed by atoms with Crippen molar-refractivity contribution in [3.63, 3.8) is 0 Å². The number of aromatic nitrogens is 1.